The highest BCUT2D eigenvalue weighted by molar-refractivity contribution is 5.83. The number of carbonyl (C=O) groups excluding carboxylic acids is 1. The molecule has 0 radical (unpaired) electrons. The fourth-order valence-electron chi connectivity index (χ4n) is 5.00. The van der Waals surface area contributed by atoms with Gasteiger partial charge in [0, 0.05) is 44.6 Å². The fraction of sp³-hybridized carbons (Fsp3) is 0.789. The summed E-state index contributed by atoms with van der Waals surface area (Å²) in [5, 5.41) is 4.21. The molecule has 1 aromatic rings. The van der Waals surface area contributed by atoms with Crippen LogP contribution in [0, 0.1) is 17.8 Å². The van der Waals surface area contributed by atoms with Crippen molar-refractivity contribution >= 4 is 5.91 Å². The Morgan fingerprint density at radius 2 is 2.19 bits per heavy atom. The molecule has 3 aliphatic heterocycles. The minimum atomic E-state index is -0.00304. The van der Waals surface area contributed by atoms with Crippen molar-refractivity contribution in [2.75, 3.05) is 33.0 Å². The average molecular weight is 361 g/mol. The van der Waals surface area contributed by atoms with E-state index >= 15 is 0 Å². The first-order valence-electron chi connectivity index (χ1n) is 9.92. The molecule has 4 heterocycles. The number of fused-ring (bicyclic) bond motifs is 2. The summed E-state index contributed by atoms with van der Waals surface area (Å²) in [6.45, 7) is 4.48. The van der Waals surface area contributed by atoms with Crippen molar-refractivity contribution in [3.05, 3.63) is 18.5 Å². The molecule has 4 fully saturated rings. The second-order valence-electron chi connectivity index (χ2n) is 7.96. The standard InChI is InChI=1S/C19H27N3O4/c23-19(17-13-11-24-12-14(13)17)22-10-16(18-15(22)4-1-8-26-18)25-9-3-7-21-6-2-5-20-21/h2,5-6,13-18H,1,3-4,7-12H2/t13-,14+,15-,16+,17?,18+/m1/s1. The SMILES string of the molecule is O=C(C1[C@H]2COC[C@@H]12)N1C[C@H](OCCCn2cccn2)[C@H]2OCCC[C@H]21. The van der Waals surface area contributed by atoms with E-state index < -0.39 is 0 Å². The maximum atomic E-state index is 13.1. The molecule has 1 amide bonds. The van der Waals surface area contributed by atoms with Gasteiger partial charge >= 0.3 is 0 Å². The van der Waals surface area contributed by atoms with Gasteiger partial charge in [0.05, 0.1) is 19.3 Å². The molecule has 26 heavy (non-hydrogen) atoms. The van der Waals surface area contributed by atoms with Gasteiger partial charge in [0.15, 0.2) is 0 Å². The highest BCUT2D eigenvalue weighted by Crippen LogP contribution is 2.52. The van der Waals surface area contributed by atoms with E-state index in [0.29, 0.717) is 30.9 Å². The molecule has 5 rings (SSSR count). The molecule has 1 aliphatic carbocycles. The first-order valence-corrected chi connectivity index (χ1v) is 9.92. The van der Waals surface area contributed by atoms with Crippen LogP contribution in [0.5, 0.6) is 0 Å². The Bertz CT molecular complexity index is 627. The second-order valence-corrected chi connectivity index (χ2v) is 7.96. The van der Waals surface area contributed by atoms with Gasteiger partial charge in [0.2, 0.25) is 5.91 Å². The van der Waals surface area contributed by atoms with Gasteiger partial charge in [-0.25, -0.2) is 0 Å². The number of hydrogen-bond acceptors (Lipinski definition) is 5. The Hall–Kier alpha value is -1.44. The van der Waals surface area contributed by atoms with Crippen molar-refractivity contribution in [1.82, 2.24) is 14.7 Å². The van der Waals surface area contributed by atoms with Gasteiger partial charge in [-0.1, -0.05) is 0 Å². The molecular weight excluding hydrogens is 334 g/mol. The third kappa shape index (κ3) is 2.96. The van der Waals surface area contributed by atoms with Crippen molar-refractivity contribution in [1.29, 1.82) is 0 Å². The lowest BCUT2D eigenvalue weighted by Crippen LogP contribution is -2.44. The zero-order valence-electron chi connectivity index (χ0n) is 15.0. The number of aryl methyl sites for hydroxylation is 1. The van der Waals surface area contributed by atoms with Crippen LogP contribution in [0.1, 0.15) is 19.3 Å². The van der Waals surface area contributed by atoms with E-state index in [-0.39, 0.29) is 24.2 Å². The normalized spacial score (nSPS) is 38.2. The number of carbonyl (C=O) groups is 1. The topological polar surface area (TPSA) is 65.8 Å². The molecule has 0 aromatic carbocycles. The lowest BCUT2D eigenvalue weighted by Gasteiger charge is -2.32. The van der Waals surface area contributed by atoms with Gasteiger partial charge in [0.1, 0.15) is 12.2 Å². The Morgan fingerprint density at radius 3 is 3.00 bits per heavy atom. The van der Waals surface area contributed by atoms with E-state index in [9.17, 15) is 4.79 Å². The third-order valence-electron chi connectivity index (χ3n) is 6.42. The molecule has 1 unspecified atom stereocenters. The lowest BCUT2D eigenvalue weighted by atomic mass is 10.0. The van der Waals surface area contributed by atoms with E-state index in [0.717, 1.165) is 45.6 Å². The average Bonchev–Trinajstić information content (AvgIpc) is 3.14. The van der Waals surface area contributed by atoms with Crippen LogP contribution in [-0.4, -0.2) is 71.8 Å². The van der Waals surface area contributed by atoms with E-state index in [1.54, 1.807) is 6.20 Å². The summed E-state index contributed by atoms with van der Waals surface area (Å²) in [5.74, 6) is 1.41. The van der Waals surface area contributed by atoms with Crippen LogP contribution in [0.3, 0.4) is 0 Å². The van der Waals surface area contributed by atoms with Crippen molar-refractivity contribution in [3.8, 4) is 0 Å². The number of amides is 1. The quantitative estimate of drug-likeness (QED) is 0.706. The molecule has 0 bridgehead atoms. The predicted molar refractivity (Wildman–Crippen MR) is 92.3 cm³/mol. The molecular formula is C19H27N3O4. The number of likely N-dealkylation sites (tertiary alicyclic amines) is 1. The molecule has 3 saturated heterocycles. The van der Waals surface area contributed by atoms with E-state index in [2.05, 4.69) is 10.00 Å². The Labute approximate surface area is 153 Å². The van der Waals surface area contributed by atoms with E-state index in [1.165, 1.54) is 0 Å². The molecule has 142 valence electrons. The highest BCUT2D eigenvalue weighted by atomic mass is 16.5. The van der Waals surface area contributed by atoms with Gasteiger partial charge in [-0.2, -0.15) is 5.10 Å². The van der Waals surface area contributed by atoms with Crippen molar-refractivity contribution in [2.24, 2.45) is 17.8 Å². The first kappa shape index (κ1) is 16.7. The summed E-state index contributed by atoms with van der Waals surface area (Å²) in [5.41, 5.74) is 0. The van der Waals surface area contributed by atoms with Gasteiger partial charge in [-0.05, 0) is 37.2 Å². The number of nitrogens with zero attached hydrogens (tertiary/aromatic N) is 3. The molecule has 6 atom stereocenters. The largest absolute Gasteiger partial charge is 0.381 e. The minimum absolute atomic E-state index is 0.00304. The monoisotopic (exact) mass is 361 g/mol. The Balaban J connectivity index is 1.18. The van der Waals surface area contributed by atoms with Crippen LogP contribution in [0.15, 0.2) is 18.5 Å². The molecule has 7 nitrogen and oxygen atoms in total. The van der Waals surface area contributed by atoms with Crippen LogP contribution in [0.25, 0.3) is 0 Å². The summed E-state index contributed by atoms with van der Waals surface area (Å²) in [6, 6.07) is 2.12. The fourth-order valence-corrected chi connectivity index (χ4v) is 5.00. The smallest absolute Gasteiger partial charge is 0.226 e. The van der Waals surface area contributed by atoms with Gasteiger partial charge in [0.25, 0.3) is 0 Å². The number of hydrogen-bond donors (Lipinski definition) is 0. The number of ether oxygens (including phenoxy) is 3. The van der Waals surface area contributed by atoms with Crippen LogP contribution in [0.4, 0.5) is 0 Å². The summed E-state index contributed by atoms with van der Waals surface area (Å²) in [7, 11) is 0. The van der Waals surface area contributed by atoms with Crippen molar-refractivity contribution in [3.63, 3.8) is 0 Å². The minimum Gasteiger partial charge on any atom is -0.381 e. The van der Waals surface area contributed by atoms with Gasteiger partial charge in [-0.15, -0.1) is 0 Å². The molecule has 1 saturated carbocycles. The van der Waals surface area contributed by atoms with Crippen LogP contribution in [0.2, 0.25) is 0 Å². The maximum Gasteiger partial charge on any atom is 0.226 e. The second kappa shape index (κ2) is 6.94. The number of aromatic nitrogens is 2. The zero-order chi connectivity index (χ0) is 17.5. The highest BCUT2D eigenvalue weighted by Gasteiger charge is 2.61. The lowest BCUT2D eigenvalue weighted by molar-refractivity contribution is -0.137. The molecule has 0 N–H and O–H groups in total. The van der Waals surface area contributed by atoms with E-state index in [1.807, 2.05) is 16.9 Å². The summed E-state index contributed by atoms with van der Waals surface area (Å²) in [4.78, 5) is 15.1. The van der Waals surface area contributed by atoms with Crippen LogP contribution in [-0.2, 0) is 25.5 Å². The zero-order valence-corrected chi connectivity index (χ0v) is 15.0. The third-order valence-corrected chi connectivity index (χ3v) is 6.42. The first-order chi connectivity index (χ1) is 12.8. The summed E-state index contributed by atoms with van der Waals surface area (Å²) < 4.78 is 19.6. The summed E-state index contributed by atoms with van der Waals surface area (Å²) in [6.07, 6.45) is 6.75. The Kier molecular flexibility index (Phi) is 4.46. The van der Waals surface area contributed by atoms with Gasteiger partial charge in [-0.3, -0.25) is 9.48 Å². The number of rotatable bonds is 6. The molecule has 4 aliphatic rings. The molecule has 7 heteroatoms. The van der Waals surface area contributed by atoms with Crippen LogP contribution < -0.4 is 0 Å². The van der Waals surface area contributed by atoms with Crippen molar-refractivity contribution < 1.29 is 19.0 Å². The van der Waals surface area contributed by atoms with Gasteiger partial charge < -0.3 is 19.1 Å². The molecule has 0 spiro atoms. The Morgan fingerprint density at radius 1 is 1.31 bits per heavy atom. The molecule has 1 aromatic heterocycles. The maximum absolute atomic E-state index is 13.1. The van der Waals surface area contributed by atoms with Crippen LogP contribution >= 0.6 is 0 Å². The summed E-state index contributed by atoms with van der Waals surface area (Å²) >= 11 is 0. The predicted octanol–water partition coefficient (Wildman–Crippen LogP) is 0.941. The van der Waals surface area contributed by atoms with Crippen molar-refractivity contribution in [2.45, 2.75) is 44.1 Å². The van der Waals surface area contributed by atoms with E-state index in [4.69, 9.17) is 14.2 Å².